The van der Waals surface area contributed by atoms with E-state index in [0.717, 1.165) is 33.0 Å². The molecular weight excluding hydrogens is 620 g/mol. The minimum absolute atomic E-state index is 0.210. The highest BCUT2D eigenvalue weighted by Crippen LogP contribution is 2.33. The molecule has 2 atom stereocenters. The summed E-state index contributed by atoms with van der Waals surface area (Å²) in [5, 5.41) is 5.31. The van der Waals surface area contributed by atoms with Crippen LogP contribution in [-0.2, 0) is 24.4 Å². The van der Waals surface area contributed by atoms with Crippen molar-refractivity contribution in [3.8, 4) is 11.5 Å². The molecule has 6 heteroatoms. The van der Waals surface area contributed by atoms with Crippen LogP contribution in [0.25, 0.3) is 10.8 Å². The van der Waals surface area contributed by atoms with Crippen LogP contribution in [0.15, 0.2) is 152 Å². The quantitative estimate of drug-likeness (QED) is 0.134. The Hall–Kier alpha value is -5.88. The number of likely N-dealkylation sites (N-methyl/N-ethyl adjacent to an activating group) is 1. The Kier molecular flexibility index (Phi) is 10.6. The van der Waals surface area contributed by atoms with Gasteiger partial charge in [-0.25, -0.2) is 0 Å². The van der Waals surface area contributed by atoms with Crippen LogP contribution in [0.5, 0.6) is 11.5 Å². The first-order valence-electron chi connectivity index (χ1n) is 16.9. The summed E-state index contributed by atoms with van der Waals surface area (Å²) in [5.41, 5.74) is 3.08. The zero-order valence-corrected chi connectivity index (χ0v) is 28.7. The summed E-state index contributed by atoms with van der Waals surface area (Å²) in [6.45, 7) is 4.54. The van der Waals surface area contributed by atoms with E-state index in [1.54, 1.807) is 31.0 Å². The highest BCUT2D eigenvalue weighted by molar-refractivity contribution is 5.99. The Bertz CT molecular complexity index is 2040. The van der Waals surface area contributed by atoms with Crippen molar-refractivity contribution in [2.75, 3.05) is 7.05 Å². The molecule has 50 heavy (non-hydrogen) atoms. The van der Waals surface area contributed by atoms with Crippen molar-refractivity contribution >= 4 is 22.6 Å². The van der Waals surface area contributed by atoms with Gasteiger partial charge >= 0.3 is 0 Å². The van der Waals surface area contributed by atoms with Gasteiger partial charge in [-0.05, 0) is 71.1 Å². The molecule has 0 aromatic heterocycles. The van der Waals surface area contributed by atoms with Crippen molar-refractivity contribution in [3.05, 3.63) is 179 Å². The van der Waals surface area contributed by atoms with E-state index in [1.807, 2.05) is 122 Å². The Morgan fingerprint density at radius 3 is 1.88 bits per heavy atom. The number of carbonyl (C=O) groups is 2. The third kappa shape index (κ3) is 8.04. The lowest BCUT2D eigenvalue weighted by Crippen LogP contribution is -2.58. The van der Waals surface area contributed by atoms with Crippen molar-refractivity contribution in [1.29, 1.82) is 0 Å². The summed E-state index contributed by atoms with van der Waals surface area (Å²) in [7, 11) is 1.80. The van der Waals surface area contributed by atoms with Crippen LogP contribution < -0.4 is 14.8 Å². The highest BCUT2D eigenvalue weighted by atomic mass is 16.5. The molecule has 252 valence electrons. The number of fused-ring (bicyclic) bond motifs is 1. The van der Waals surface area contributed by atoms with E-state index in [-0.39, 0.29) is 24.3 Å². The number of nitrogens with one attached hydrogen (secondary N) is 1. The van der Waals surface area contributed by atoms with Crippen molar-refractivity contribution in [2.45, 2.75) is 45.1 Å². The third-order valence-electron chi connectivity index (χ3n) is 9.11. The summed E-state index contributed by atoms with van der Waals surface area (Å²) in [4.78, 5) is 30.1. The van der Waals surface area contributed by atoms with Gasteiger partial charge in [-0.3, -0.25) is 9.59 Å². The lowest BCUT2D eigenvalue weighted by atomic mass is 9.89. The van der Waals surface area contributed by atoms with Crippen molar-refractivity contribution in [3.63, 3.8) is 0 Å². The fourth-order valence-corrected chi connectivity index (χ4v) is 6.25. The second kappa shape index (κ2) is 15.6. The van der Waals surface area contributed by atoms with Crippen LogP contribution in [-0.4, -0.2) is 29.3 Å². The molecule has 0 heterocycles. The topological polar surface area (TPSA) is 67.9 Å². The molecule has 0 aliphatic rings. The van der Waals surface area contributed by atoms with Crippen LogP contribution in [0.1, 0.15) is 52.5 Å². The lowest BCUT2D eigenvalue weighted by molar-refractivity contribution is -0.138. The lowest BCUT2D eigenvalue weighted by Gasteiger charge is -2.37. The number of hydrogen-bond donors (Lipinski definition) is 1. The SMILES string of the molecule is C[C@H](c1cccc2ccccc12)N(C)C(=O)[C@](C)(Cc1ccc(OCc2ccccc2)c(OCc2ccccc2)c1)NC(=O)c1ccccc1. The number of carbonyl (C=O) groups excluding carboxylic acids is 2. The zero-order valence-electron chi connectivity index (χ0n) is 28.7. The van der Waals surface area contributed by atoms with E-state index in [9.17, 15) is 9.59 Å². The normalized spacial score (nSPS) is 12.8. The van der Waals surface area contributed by atoms with Gasteiger partial charge in [0, 0.05) is 19.0 Å². The molecule has 6 aromatic carbocycles. The Morgan fingerprint density at radius 1 is 0.660 bits per heavy atom. The van der Waals surface area contributed by atoms with Crippen molar-refractivity contribution in [2.24, 2.45) is 0 Å². The Morgan fingerprint density at radius 2 is 1.22 bits per heavy atom. The predicted molar refractivity (Wildman–Crippen MR) is 199 cm³/mol. The fraction of sp³-hybridized carbons (Fsp3) is 0.182. The van der Waals surface area contributed by atoms with Crippen molar-refractivity contribution in [1.82, 2.24) is 10.2 Å². The average Bonchev–Trinajstić information content (AvgIpc) is 3.16. The second-order valence-corrected chi connectivity index (χ2v) is 12.8. The molecule has 0 saturated heterocycles. The molecular formula is C44H42N2O4. The first-order chi connectivity index (χ1) is 24.3. The van der Waals surface area contributed by atoms with E-state index in [1.165, 1.54) is 0 Å². The van der Waals surface area contributed by atoms with Crippen LogP contribution in [0.4, 0.5) is 0 Å². The minimum atomic E-state index is -1.30. The first-order valence-corrected chi connectivity index (χ1v) is 16.9. The molecule has 0 saturated carbocycles. The van der Waals surface area contributed by atoms with Crippen LogP contribution in [0.2, 0.25) is 0 Å². The molecule has 6 aromatic rings. The number of hydrogen-bond acceptors (Lipinski definition) is 4. The zero-order chi connectivity index (χ0) is 34.9. The smallest absolute Gasteiger partial charge is 0.252 e. The molecule has 0 unspecified atom stereocenters. The number of amides is 2. The summed E-state index contributed by atoms with van der Waals surface area (Å²) in [5.74, 6) is 0.620. The monoisotopic (exact) mass is 662 g/mol. The van der Waals surface area contributed by atoms with Gasteiger partial charge in [0.1, 0.15) is 18.8 Å². The van der Waals surface area contributed by atoms with Gasteiger partial charge in [0.2, 0.25) is 5.91 Å². The van der Waals surface area contributed by atoms with Gasteiger partial charge < -0.3 is 19.7 Å². The molecule has 0 bridgehead atoms. The van der Waals surface area contributed by atoms with Gasteiger partial charge in [0.15, 0.2) is 11.5 Å². The van der Waals surface area contributed by atoms with Gasteiger partial charge in [-0.1, -0.05) is 127 Å². The fourth-order valence-electron chi connectivity index (χ4n) is 6.25. The largest absolute Gasteiger partial charge is 0.485 e. The molecule has 2 amide bonds. The summed E-state index contributed by atoms with van der Waals surface area (Å²) < 4.78 is 12.6. The first kappa shape index (κ1) is 34.0. The van der Waals surface area contributed by atoms with Gasteiger partial charge in [0.25, 0.3) is 5.91 Å². The summed E-state index contributed by atoms with van der Waals surface area (Å²) in [6.07, 6.45) is 0.220. The molecule has 6 nitrogen and oxygen atoms in total. The van der Waals surface area contributed by atoms with Gasteiger partial charge in [-0.15, -0.1) is 0 Å². The Labute approximate surface area is 294 Å². The standard InChI is InChI=1S/C44H42N2O4/c1-32(38-25-15-23-36-20-13-14-24-39(36)38)46(3)43(48)44(2,45-42(47)37-21-11-6-12-22-37)29-35-26-27-40(49-30-33-16-7-4-8-17-33)41(28-35)50-31-34-18-9-5-10-19-34/h4-28,32H,29-31H2,1-3H3,(H,45,47)/t32-,44+/m1/s1. The van der Waals surface area contributed by atoms with Gasteiger partial charge in [-0.2, -0.15) is 0 Å². The summed E-state index contributed by atoms with van der Waals surface area (Å²) >= 11 is 0. The third-order valence-corrected chi connectivity index (χ3v) is 9.11. The van der Waals surface area contributed by atoms with E-state index < -0.39 is 5.54 Å². The molecule has 0 fully saturated rings. The van der Waals surface area contributed by atoms with E-state index in [4.69, 9.17) is 9.47 Å². The number of benzene rings is 6. The minimum Gasteiger partial charge on any atom is -0.485 e. The molecule has 6 rings (SSSR count). The number of nitrogens with zero attached hydrogens (tertiary/aromatic N) is 1. The maximum Gasteiger partial charge on any atom is 0.252 e. The maximum absolute atomic E-state index is 14.7. The van der Waals surface area contributed by atoms with E-state index in [2.05, 4.69) is 29.6 Å². The van der Waals surface area contributed by atoms with Crippen LogP contribution >= 0.6 is 0 Å². The summed E-state index contributed by atoms with van der Waals surface area (Å²) in [6, 6.07) is 48.7. The van der Waals surface area contributed by atoms with Crippen LogP contribution in [0.3, 0.4) is 0 Å². The van der Waals surface area contributed by atoms with Crippen molar-refractivity contribution < 1.29 is 19.1 Å². The maximum atomic E-state index is 14.7. The second-order valence-electron chi connectivity index (χ2n) is 12.8. The molecule has 1 N–H and O–H groups in total. The number of rotatable bonds is 13. The van der Waals surface area contributed by atoms with Gasteiger partial charge in [0.05, 0.1) is 6.04 Å². The average molecular weight is 663 g/mol. The molecule has 0 aliphatic carbocycles. The van der Waals surface area contributed by atoms with Crippen LogP contribution in [0, 0.1) is 0 Å². The molecule has 0 radical (unpaired) electrons. The number of ether oxygens (including phenoxy) is 2. The molecule has 0 aliphatic heterocycles. The van der Waals surface area contributed by atoms with E-state index in [0.29, 0.717) is 30.3 Å². The predicted octanol–water partition coefficient (Wildman–Crippen LogP) is 8.95. The molecule has 0 spiro atoms. The Balaban J connectivity index is 1.32. The van der Waals surface area contributed by atoms with E-state index >= 15 is 0 Å². The highest BCUT2D eigenvalue weighted by Gasteiger charge is 2.39.